The third-order valence-electron chi connectivity index (χ3n) is 6.71. The van der Waals surface area contributed by atoms with Crippen molar-refractivity contribution in [3.63, 3.8) is 0 Å². The molecule has 0 spiro atoms. The van der Waals surface area contributed by atoms with Crippen LogP contribution in [0.25, 0.3) is 0 Å². The molecule has 0 aliphatic carbocycles. The lowest BCUT2D eigenvalue weighted by Crippen LogP contribution is -2.54. The van der Waals surface area contributed by atoms with Crippen molar-refractivity contribution >= 4 is 39.1 Å². The molecule has 0 aromatic heterocycles. The molecule has 0 saturated heterocycles. The molecule has 3 aromatic rings. The number of benzene rings is 3. The van der Waals surface area contributed by atoms with Gasteiger partial charge >= 0.3 is 6.18 Å². The third-order valence-corrected chi connectivity index (χ3v) is 8.22. The Hall–Kier alpha value is -3.57. The summed E-state index contributed by atoms with van der Waals surface area (Å²) in [4.78, 5) is 28.9. The van der Waals surface area contributed by atoms with Crippen molar-refractivity contribution in [3.05, 3.63) is 101 Å². The lowest BCUT2D eigenvalue weighted by atomic mass is 10.0. The van der Waals surface area contributed by atoms with E-state index in [1.807, 2.05) is 19.9 Å². The van der Waals surface area contributed by atoms with Crippen LogP contribution in [0.4, 0.5) is 18.9 Å². The molecule has 0 saturated carbocycles. The number of nitrogens with zero attached hydrogens (tertiary/aromatic N) is 2. The Morgan fingerprint density at radius 1 is 0.976 bits per heavy atom. The summed E-state index contributed by atoms with van der Waals surface area (Å²) in [5.41, 5.74) is -0.144. The van der Waals surface area contributed by atoms with Crippen LogP contribution in [-0.4, -0.2) is 50.0 Å². The predicted octanol–water partition coefficient (Wildman–Crippen LogP) is 5.68. The molecule has 0 aliphatic rings. The van der Waals surface area contributed by atoms with Crippen molar-refractivity contribution in [3.8, 4) is 0 Å². The van der Waals surface area contributed by atoms with E-state index < -0.39 is 46.2 Å². The van der Waals surface area contributed by atoms with Crippen LogP contribution in [0.5, 0.6) is 0 Å². The van der Waals surface area contributed by atoms with E-state index in [0.29, 0.717) is 27.4 Å². The van der Waals surface area contributed by atoms with Crippen LogP contribution in [0.15, 0.2) is 78.9 Å². The second-order valence-electron chi connectivity index (χ2n) is 9.95. The lowest BCUT2D eigenvalue weighted by Gasteiger charge is -2.34. The van der Waals surface area contributed by atoms with Gasteiger partial charge in [0.15, 0.2) is 0 Å². The predicted molar refractivity (Wildman–Crippen MR) is 157 cm³/mol. The van der Waals surface area contributed by atoms with Gasteiger partial charge in [-0.3, -0.25) is 13.9 Å². The maximum absolute atomic E-state index is 14.0. The van der Waals surface area contributed by atoms with Crippen LogP contribution in [0, 0.1) is 0 Å². The van der Waals surface area contributed by atoms with Crippen LogP contribution in [0.1, 0.15) is 37.0 Å². The highest BCUT2D eigenvalue weighted by Crippen LogP contribution is 2.32. The van der Waals surface area contributed by atoms with Gasteiger partial charge < -0.3 is 10.2 Å². The van der Waals surface area contributed by atoms with E-state index in [1.165, 1.54) is 11.0 Å². The summed E-state index contributed by atoms with van der Waals surface area (Å²) in [6.07, 6.45) is -3.20. The Labute approximate surface area is 249 Å². The van der Waals surface area contributed by atoms with Gasteiger partial charge in [-0.25, -0.2) is 8.42 Å². The smallest absolute Gasteiger partial charge is 0.352 e. The molecule has 0 unspecified atom stereocenters. The molecule has 0 bridgehead atoms. The van der Waals surface area contributed by atoms with Gasteiger partial charge in [-0.2, -0.15) is 13.2 Å². The molecule has 7 nitrogen and oxygen atoms in total. The Balaban J connectivity index is 2.10. The first-order valence-corrected chi connectivity index (χ1v) is 15.5. The number of alkyl halides is 3. The highest BCUT2D eigenvalue weighted by atomic mass is 35.5. The summed E-state index contributed by atoms with van der Waals surface area (Å²) in [5.74, 6) is -1.25. The van der Waals surface area contributed by atoms with Crippen LogP contribution >= 0.6 is 11.6 Å². The van der Waals surface area contributed by atoms with Gasteiger partial charge in [0.1, 0.15) is 12.6 Å². The Morgan fingerprint density at radius 3 is 2.21 bits per heavy atom. The van der Waals surface area contributed by atoms with Crippen LogP contribution < -0.4 is 9.62 Å². The zero-order chi connectivity index (χ0) is 31.1. The molecule has 2 amide bonds. The average molecular weight is 624 g/mol. The van der Waals surface area contributed by atoms with E-state index in [9.17, 15) is 31.2 Å². The van der Waals surface area contributed by atoms with Crippen molar-refractivity contribution < 1.29 is 31.2 Å². The van der Waals surface area contributed by atoms with E-state index >= 15 is 0 Å². The largest absolute Gasteiger partial charge is 0.416 e. The molecule has 2 atom stereocenters. The van der Waals surface area contributed by atoms with Crippen molar-refractivity contribution in [2.45, 2.75) is 51.5 Å². The second kappa shape index (κ2) is 14.1. The summed E-state index contributed by atoms with van der Waals surface area (Å²) in [6, 6.07) is 18.1. The van der Waals surface area contributed by atoms with Crippen molar-refractivity contribution in [1.82, 2.24) is 10.2 Å². The topological polar surface area (TPSA) is 86.8 Å². The maximum Gasteiger partial charge on any atom is 0.416 e. The summed E-state index contributed by atoms with van der Waals surface area (Å²) in [6.45, 7) is 2.72. The molecule has 0 fully saturated rings. The molecule has 12 heteroatoms. The monoisotopic (exact) mass is 623 g/mol. The van der Waals surface area contributed by atoms with Gasteiger partial charge in [0.25, 0.3) is 0 Å². The third kappa shape index (κ3) is 8.96. The Morgan fingerprint density at radius 2 is 1.62 bits per heavy atom. The number of amides is 2. The van der Waals surface area contributed by atoms with Gasteiger partial charge in [-0.15, -0.1) is 0 Å². The number of hydrogen-bond donors (Lipinski definition) is 1. The summed E-state index contributed by atoms with van der Waals surface area (Å²) in [7, 11) is -4.23. The highest BCUT2D eigenvalue weighted by Gasteiger charge is 2.35. The Bertz CT molecular complexity index is 1490. The van der Waals surface area contributed by atoms with E-state index in [-0.39, 0.29) is 24.7 Å². The minimum absolute atomic E-state index is 0.0989. The lowest BCUT2D eigenvalue weighted by molar-refractivity contribution is -0.140. The number of hydrogen-bond acceptors (Lipinski definition) is 4. The van der Waals surface area contributed by atoms with Gasteiger partial charge in [-0.05, 0) is 48.7 Å². The quantitative estimate of drug-likeness (QED) is 0.281. The number of halogens is 4. The van der Waals surface area contributed by atoms with Gasteiger partial charge in [0, 0.05) is 24.0 Å². The number of carbonyl (C=O) groups excluding carboxylic acids is 2. The molecule has 0 aliphatic heterocycles. The first kappa shape index (κ1) is 32.9. The minimum atomic E-state index is -4.73. The minimum Gasteiger partial charge on any atom is -0.352 e. The molecule has 1 N–H and O–H groups in total. The molecule has 3 aromatic carbocycles. The highest BCUT2D eigenvalue weighted by molar-refractivity contribution is 7.92. The number of carbonyl (C=O) groups is 2. The summed E-state index contributed by atoms with van der Waals surface area (Å²) < 4.78 is 66.5. The molecular weight excluding hydrogens is 591 g/mol. The van der Waals surface area contributed by atoms with Crippen molar-refractivity contribution in [2.75, 3.05) is 17.1 Å². The van der Waals surface area contributed by atoms with Crippen LogP contribution in [-0.2, 0) is 38.8 Å². The first-order chi connectivity index (χ1) is 19.7. The normalized spacial score (nSPS) is 13.2. The zero-order valence-corrected chi connectivity index (χ0v) is 25.0. The Kier molecular flexibility index (Phi) is 11.0. The van der Waals surface area contributed by atoms with E-state index in [4.69, 9.17) is 11.6 Å². The van der Waals surface area contributed by atoms with Gasteiger partial charge in [0.2, 0.25) is 21.8 Å². The number of rotatable bonds is 12. The first-order valence-electron chi connectivity index (χ1n) is 13.2. The molecular formula is C30H33ClF3N3O4S. The van der Waals surface area contributed by atoms with Crippen LogP contribution in [0.2, 0.25) is 5.02 Å². The average Bonchev–Trinajstić information content (AvgIpc) is 2.93. The van der Waals surface area contributed by atoms with Gasteiger partial charge in [-0.1, -0.05) is 73.1 Å². The molecule has 0 radical (unpaired) electrons. The fourth-order valence-electron chi connectivity index (χ4n) is 4.26. The molecule has 226 valence electrons. The SMILES string of the molecule is CC[C@@H](C)NC(=O)[C@H](Cc1ccccc1)N(Cc1ccccc1Cl)C(=O)CN(c1cccc(C(F)(F)F)c1)S(C)(=O)=O. The number of sulfonamides is 1. The van der Waals surface area contributed by atoms with Crippen molar-refractivity contribution in [2.24, 2.45) is 0 Å². The van der Waals surface area contributed by atoms with Crippen molar-refractivity contribution in [1.29, 1.82) is 0 Å². The number of nitrogens with one attached hydrogen (secondary N) is 1. The van der Waals surface area contributed by atoms with E-state index in [0.717, 1.165) is 24.0 Å². The van der Waals surface area contributed by atoms with Gasteiger partial charge in [0.05, 0.1) is 17.5 Å². The molecule has 42 heavy (non-hydrogen) atoms. The zero-order valence-electron chi connectivity index (χ0n) is 23.4. The molecule has 0 heterocycles. The maximum atomic E-state index is 14.0. The van der Waals surface area contributed by atoms with E-state index in [1.54, 1.807) is 48.5 Å². The molecule has 3 rings (SSSR count). The summed E-state index contributed by atoms with van der Waals surface area (Å²) in [5, 5.41) is 3.23. The standard InChI is InChI=1S/C30H33ClF3N3O4S/c1-4-21(2)35-29(39)27(17-22-11-6-5-7-12-22)36(19-23-13-8-9-16-26(23)31)28(38)20-37(42(3,40)41)25-15-10-14-24(18-25)30(32,33)34/h5-16,18,21,27H,4,17,19-20H2,1-3H3,(H,35,39)/t21-,27+/m1/s1. The fourth-order valence-corrected chi connectivity index (χ4v) is 5.29. The second-order valence-corrected chi connectivity index (χ2v) is 12.3. The summed E-state index contributed by atoms with van der Waals surface area (Å²) >= 11 is 6.41. The number of anilines is 1. The van der Waals surface area contributed by atoms with Crippen LogP contribution in [0.3, 0.4) is 0 Å². The fraction of sp³-hybridized carbons (Fsp3) is 0.333. The van der Waals surface area contributed by atoms with E-state index in [2.05, 4.69) is 5.32 Å².